The molecule has 20 heavy (non-hydrogen) atoms. The van der Waals surface area contributed by atoms with E-state index in [0.29, 0.717) is 6.04 Å². The lowest BCUT2D eigenvalue weighted by atomic mass is 9.83. The maximum absolute atomic E-state index is 6.10. The summed E-state index contributed by atoms with van der Waals surface area (Å²) < 4.78 is 0. The van der Waals surface area contributed by atoms with Gasteiger partial charge >= 0.3 is 0 Å². The molecular formula is C18H28ClN. The number of hydrogen-bond donors (Lipinski definition) is 1. The first-order valence-electron chi connectivity index (χ1n) is 8.25. The molecule has 1 fully saturated rings. The summed E-state index contributed by atoms with van der Waals surface area (Å²) in [6, 6.07) is 8.95. The second kappa shape index (κ2) is 8.69. The van der Waals surface area contributed by atoms with Gasteiger partial charge in [-0.2, -0.15) is 0 Å². The molecule has 0 aliphatic heterocycles. The summed E-state index contributed by atoms with van der Waals surface area (Å²) in [5.74, 6) is 0.928. The molecule has 0 radical (unpaired) electrons. The molecule has 2 heteroatoms. The Morgan fingerprint density at radius 2 is 2.05 bits per heavy atom. The maximum atomic E-state index is 6.10. The van der Waals surface area contributed by atoms with Gasteiger partial charge in [-0.1, -0.05) is 62.8 Å². The second-order valence-electron chi connectivity index (χ2n) is 6.22. The van der Waals surface area contributed by atoms with Crippen molar-refractivity contribution in [3.63, 3.8) is 0 Å². The van der Waals surface area contributed by atoms with Gasteiger partial charge < -0.3 is 5.32 Å². The Morgan fingerprint density at radius 1 is 1.25 bits per heavy atom. The number of halogens is 1. The van der Waals surface area contributed by atoms with E-state index in [1.54, 1.807) is 0 Å². The van der Waals surface area contributed by atoms with Gasteiger partial charge in [-0.05, 0) is 49.4 Å². The minimum absolute atomic E-state index is 0.608. The molecule has 0 amide bonds. The lowest BCUT2D eigenvalue weighted by Crippen LogP contribution is -2.34. The van der Waals surface area contributed by atoms with Crippen LogP contribution in [0, 0.1) is 5.92 Å². The highest BCUT2D eigenvalue weighted by atomic mass is 35.5. The van der Waals surface area contributed by atoms with Gasteiger partial charge in [-0.3, -0.25) is 0 Å². The van der Waals surface area contributed by atoms with Gasteiger partial charge in [0, 0.05) is 11.1 Å². The van der Waals surface area contributed by atoms with Crippen LogP contribution in [0.4, 0.5) is 0 Å². The highest BCUT2D eigenvalue weighted by Crippen LogP contribution is 2.28. The SMILES string of the molecule is CCCNC(Cc1cccc(Cl)c1)CC1CCCCC1. The van der Waals surface area contributed by atoms with Gasteiger partial charge in [0.15, 0.2) is 0 Å². The van der Waals surface area contributed by atoms with E-state index in [1.807, 2.05) is 6.07 Å². The zero-order valence-electron chi connectivity index (χ0n) is 12.7. The smallest absolute Gasteiger partial charge is 0.0408 e. The van der Waals surface area contributed by atoms with Crippen molar-refractivity contribution >= 4 is 11.6 Å². The van der Waals surface area contributed by atoms with Crippen LogP contribution in [0.1, 0.15) is 57.4 Å². The molecule has 0 saturated heterocycles. The van der Waals surface area contributed by atoms with Gasteiger partial charge in [0.2, 0.25) is 0 Å². The molecule has 1 aliphatic carbocycles. The van der Waals surface area contributed by atoms with Gasteiger partial charge in [0.05, 0.1) is 0 Å². The average molecular weight is 294 g/mol. The first-order chi connectivity index (χ1) is 9.78. The third kappa shape index (κ3) is 5.46. The summed E-state index contributed by atoms with van der Waals surface area (Å²) in [4.78, 5) is 0. The number of nitrogens with one attached hydrogen (secondary N) is 1. The number of benzene rings is 1. The molecule has 1 N–H and O–H groups in total. The normalized spacial score (nSPS) is 18.1. The van der Waals surface area contributed by atoms with Crippen LogP contribution >= 0.6 is 11.6 Å². The number of rotatable bonds is 7. The van der Waals surface area contributed by atoms with Crippen molar-refractivity contribution in [3.8, 4) is 0 Å². The summed E-state index contributed by atoms with van der Waals surface area (Å²) in [5.41, 5.74) is 1.36. The van der Waals surface area contributed by atoms with Crippen molar-refractivity contribution in [2.75, 3.05) is 6.54 Å². The zero-order chi connectivity index (χ0) is 14.2. The fourth-order valence-corrected chi connectivity index (χ4v) is 3.57. The predicted octanol–water partition coefficient (Wildman–Crippen LogP) is 5.22. The first kappa shape index (κ1) is 15.9. The predicted molar refractivity (Wildman–Crippen MR) is 88.4 cm³/mol. The largest absolute Gasteiger partial charge is 0.314 e. The van der Waals surface area contributed by atoms with Crippen molar-refractivity contribution < 1.29 is 0 Å². The summed E-state index contributed by atoms with van der Waals surface area (Å²) in [6.45, 7) is 3.36. The molecule has 2 rings (SSSR count). The molecule has 1 aliphatic rings. The standard InChI is InChI=1S/C18H28ClN/c1-2-11-20-18(13-15-7-4-3-5-8-15)14-16-9-6-10-17(19)12-16/h6,9-10,12,15,18,20H,2-5,7-8,11,13-14H2,1H3. The Kier molecular flexibility index (Phi) is 6.89. The Balaban J connectivity index is 1.91. The molecule has 1 saturated carbocycles. The lowest BCUT2D eigenvalue weighted by Gasteiger charge is -2.27. The van der Waals surface area contributed by atoms with Crippen LogP contribution in [-0.2, 0) is 6.42 Å². The highest BCUT2D eigenvalue weighted by Gasteiger charge is 2.19. The summed E-state index contributed by atoms with van der Waals surface area (Å²) in [7, 11) is 0. The van der Waals surface area contributed by atoms with E-state index < -0.39 is 0 Å². The monoisotopic (exact) mass is 293 g/mol. The molecule has 0 bridgehead atoms. The van der Waals surface area contributed by atoms with Crippen LogP contribution < -0.4 is 5.32 Å². The van der Waals surface area contributed by atoms with E-state index in [1.165, 1.54) is 50.5 Å². The highest BCUT2D eigenvalue weighted by molar-refractivity contribution is 6.30. The maximum Gasteiger partial charge on any atom is 0.0408 e. The first-order valence-corrected chi connectivity index (χ1v) is 8.63. The van der Waals surface area contributed by atoms with Crippen molar-refractivity contribution in [2.24, 2.45) is 5.92 Å². The summed E-state index contributed by atoms with van der Waals surface area (Å²) >= 11 is 6.10. The molecule has 1 unspecified atom stereocenters. The summed E-state index contributed by atoms with van der Waals surface area (Å²) in [5, 5.41) is 4.60. The molecular weight excluding hydrogens is 266 g/mol. The molecule has 1 aromatic rings. The Hall–Kier alpha value is -0.530. The van der Waals surface area contributed by atoms with Crippen molar-refractivity contribution in [2.45, 2.75) is 64.3 Å². The van der Waals surface area contributed by atoms with Crippen LogP contribution in [0.25, 0.3) is 0 Å². The van der Waals surface area contributed by atoms with Crippen LogP contribution in [0.15, 0.2) is 24.3 Å². The summed E-state index contributed by atoms with van der Waals surface area (Å²) in [6.07, 6.45) is 10.8. The van der Waals surface area contributed by atoms with Crippen LogP contribution in [0.2, 0.25) is 5.02 Å². The topological polar surface area (TPSA) is 12.0 Å². The second-order valence-corrected chi connectivity index (χ2v) is 6.66. The molecule has 0 aromatic heterocycles. The van der Waals surface area contributed by atoms with Gasteiger partial charge in [0.1, 0.15) is 0 Å². The molecule has 1 aromatic carbocycles. The third-order valence-corrected chi connectivity index (χ3v) is 4.63. The van der Waals surface area contributed by atoms with E-state index in [2.05, 4.69) is 30.4 Å². The van der Waals surface area contributed by atoms with E-state index in [4.69, 9.17) is 11.6 Å². The van der Waals surface area contributed by atoms with Crippen LogP contribution in [0.3, 0.4) is 0 Å². The van der Waals surface area contributed by atoms with E-state index in [9.17, 15) is 0 Å². The molecule has 112 valence electrons. The van der Waals surface area contributed by atoms with E-state index in [0.717, 1.165) is 23.9 Å². The Labute approximate surface area is 129 Å². The fourth-order valence-electron chi connectivity index (χ4n) is 3.36. The van der Waals surface area contributed by atoms with Crippen molar-refractivity contribution in [1.82, 2.24) is 5.32 Å². The Bertz CT molecular complexity index is 385. The molecule has 1 nitrogen and oxygen atoms in total. The van der Waals surface area contributed by atoms with E-state index in [-0.39, 0.29) is 0 Å². The van der Waals surface area contributed by atoms with Crippen LogP contribution in [0.5, 0.6) is 0 Å². The van der Waals surface area contributed by atoms with E-state index >= 15 is 0 Å². The van der Waals surface area contributed by atoms with Gasteiger partial charge in [0.25, 0.3) is 0 Å². The zero-order valence-corrected chi connectivity index (χ0v) is 13.5. The van der Waals surface area contributed by atoms with Gasteiger partial charge in [-0.15, -0.1) is 0 Å². The lowest BCUT2D eigenvalue weighted by molar-refractivity contribution is 0.296. The third-order valence-electron chi connectivity index (χ3n) is 4.40. The minimum atomic E-state index is 0.608. The number of hydrogen-bond acceptors (Lipinski definition) is 1. The Morgan fingerprint density at radius 3 is 2.75 bits per heavy atom. The molecule has 0 heterocycles. The molecule has 0 spiro atoms. The van der Waals surface area contributed by atoms with Crippen molar-refractivity contribution in [1.29, 1.82) is 0 Å². The fraction of sp³-hybridized carbons (Fsp3) is 0.667. The molecule has 1 atom stereocenters. The van der Waals surface area contributed by atoms with Gasteiger partial charge in [-0.25, -0.2) is 0 Å². The van der Waals surface area contributed by atoms with Crippen molar-refractivity contribution in [3.05, 3.63) is 34.9 Å². The quantitative estimate of drug-likeness (QED) is 0.726. The average Bonchev–Trinajstić information content (AvgIpc) is 2.46. The minimum Gasteiger partial charge on any atom is -0.314 e. The van der Waals surface area contributed by atoms with Crippen LogP contribution in [-0.4, -0.2) is 12.6 Å².